The Labute approximate surface area is 113 Å². The fourth-order valence-corrected chi connectivity index (χ4v) is 2.23. The van der Waals surface area contributed by atoms with E-state index in [0.29, 0.717) is 19.4 Å². The molecule has 102 valence electrons. The Morgan fingerprint density at radius 2 is 2.16 bits per heavy atom. The Morgan fingerprint density at radius 1 is 1.37 bits per heavy atom. The van der Waals surface area contributed by atoms with Crippen molar-refractivity contribution in [2.24, 2.45) is 0 Å². The molecule has 4 heteroatoms. The molecule has 1 atom stereocenters. The van der Waals surface area contributed by atoms with Crippen molar-refractivity contribution in [3.05, 3.63) is 34.9 Å². The van der Waals surface area contributed by atoms with Gasteiger partial charge in [-0.25, -0.2) is 0 Å². The molecular weight excluding hydrogens is 240 g/mol. The number of amides is 2. The van der Waals surface area contributed by atoms with Crippen molar-refractivity contribution in [2.45, 2.75) is 39.2 Å². The van der Waals surface area contributed by atoms with Crippen LogP contribution in [-0.4, -0.2) is 24.4 Å². The van der Waals surface area contributed by atoms with Gasteiger partial charge in [-0.1, -0.05) is 18.2 Å². The van der Waals surface area contributed by atoms with E-state index in [1.807, 2.05) is 19.1 Å². The molecule has 0 bridgehead atoms. The van der Waals surface area contributed by atoms with Crippen LogP contribution >= 0.6 is 0 Å². The van der Waals surface area contributed by atoms with Gasteiger partial charge in [0.25, 0.3) is 0 Å². The van der Waals surface area contributed by atoms with Gasteiger partial charge in [0, 0.05) is 19.0 Å². The number of benzene rings is 1. The van der Waals surface area contributed by atoms with E-state index in [-0.39, 0.29) is 17.9 Å². The zero-order valence-electron chi connectivity index (χ0n) is 11.5. The maximum atomic E-state index is 11.9. The molecule has 2 amide bonds. The Hall–Kier alpha value is -1.84. The molecule has 1 aromatic carbocycles. The maximum absolute atomic E-state index is 11.9. The summed E-state index contributed by atoms with van der Waals surface area (Å²) in [7, 11) is 0. The average Bonchev–Trinajstić information content (AvgIpc) is 2.37. The summed E-state index contributed by atoms with van der Waals surface area (Å²) in [5.74, 6) is 0.0871. The second-order valence-electron chi connectivity index (χ2n) is 5.20. The van der Waals surface area contributed by atoms with E-state index < -0.39 is 0 Å². The highest BCUT2D eigenvalue weighted by Crippen LogP contribution is 2.10. The van der Waals surface area contributed by atoms with Crippen LogP contribution in [0.3, 0.4) is 0 Å². The third kappa shape index (κ3) is 3.81. The molecule has 1 aromatic rings. The quantitative estimate of drug-likeness (QED) is 0.859. The van der Waals surface area contributed by atoms with E-state index in [2.05, 4.69) is 23.6 Å². The monoisotopic (exact) mass is 260 g/mol. The van der Waals surface area contributed by atoms with E-state index in [4.69, 9.17) is 0 Å². The molecule has 1 saturated heterocycles. The molecule has 1 aliphatic rings. The Balaban J connectivity index is 1.87. The van der Waals surface area contributed by atoms with Crippen LogP contribution in [0.4, 0.5) is 0 Å². The summed E-state index contributed by atoms with van der Waals surface area (Å²) in [6.07, 6.45) is 1.62. The topological polar surface area (TPSA) is 58.2 Å². The molecule has 0 aromatic heterocycles. The minimum Gasteiger partial charge on any atom is -0.354 e. The fourth-order valence-electron chi connectivity index (χ4n) is 2.23. The molecule has 0 spiro atoms. The Morgan fingerprint density at radius 3 is 2.79 bits per heavy atom. The van der Waals surface area contributed by atoms with Gasteiger partial charge in [0.1, 0.15) is 0 Å². The van der Waals surface area contributed by atoms with E-state index in [0.717, 1.165) is 12.0 Å². The number of hydrogen-bond acceptors (Lipinski definition) is 2. The van der Waals surface area contributed by atoms with Gasteiger partial charge >= 0.3 is 0 Å². The van der Waals surface area contributed by atoms with Crippen LogP contribution in [0, 0.1) is 13.8 Å². The van der Waals surface area contributed by atoms with E-state index in [1.54, 1.807) is 0 Å². The summed E-state index contributed by atoms with van der Waals surface area (Å²) < 4.78 is 0. The SMILES string of the molecule is Cc1ccc(CC(=O)NC2CCC(=O)NC2)cc1C. The second kappa shape index (κ2) is 5.87. The molecule has 0 saturated carbocycles. The lowest BCUT2D eigenvalue weighted by atomic mass is 10.0. The number of hydrogen-bond donors (Lipinski definition) is 2. The molecule has 1 aliphatic heterocycles. The van der Waals surface area contributed by atoms with Crippen LogP contribution in [0.5, 0.6) is 0 Å². The predicted molar refractivity (Wildman–Crippen MR) is 73.8 cm³/mol. The largest absolute Gasteiger partial charge is 0.354 e. The lowest BCUT2D eigenvalue weighted by molar-refractivity contribution is -0.125. The van der Waals surface area contributed by atoms with Crippen molar-refractivity contribution >= 4 is 11.8 Å². The molecule has 1 fully saturated rings. The highest BCUT2D eigenvalue weighted by atomic mass is 16.2. The van der Waals surface area contributed by atoms with Crippen LogP contribution in [0.15, 0.2) is 18.2 Å². The first kappa shape index (κ1) is 13.6. The van der Waals surface area contributed by atoms with Crippen molar-refractivity contribution in [2.75, 3.05) is 6.54 Å². The van der Waals surface area contributed by atoms with Crippen molar-refractivity contribution in [1.82, 2.24) is 10.6 Å². The number of carbonyl (C=O) groups excluding carboxylic acids is 2. The molecule has 0 aliphatic carbocycles. The molecule has 2 rings (SSSR count). The minimum absolute atomic E-state index is 0.0180. The smallest absolute Gasteiger partial charge is 0.224 e. The standard InChI is InChI=1S/C15H20N2O2/c1-10-3-4-12(7-11(10)2)8-15(19)17-13-5-6-14(18)16-9-13/h3-4,7,13H,5-6,8-9H2,1-2H3,(H,16,18)(H,17,19). The Kier molecular flexibility index (Phi) is 4.20. The van der Waals surface area contributed by atoms with Crippen molar-refractivity contribution in [3.63, 3.8) is 0 Å². The lowest BCUT2D eigenvalue weighted by Crippen LogP contribution is -2.48. The summed E-state index contributed by atoms with van der Waals surface area (Å²) in [6, 6.07) is 6.15. The van der Waals surface area contributed by atoms with Gasteiger partial charge in [-0.3, -0.25) is 9.59 Å². The first-order valence-corrected chi connectivity index (χ1v) is 6.67. The molecular formula is C15H20N2O2. The predicted octanol–water partition coefficient (Wildman–Crippen LogP) is 1.24. The second-order valence-corrected chi connectivity index (χ2v) is 5.20. The van der Waals surface area contributed by atoms with Gasteiger partial charge in [0.15, 0.2) is 0 Å². The normalized spacial score (nSPS) is 18.8. The highest BCUT2D eigenvalue weighted by Gasteiger charge is 2.19. The minimum atomic E-state index is 0.0180. The first-order chi connectivity index (χ1) is 9.04. The molecule has 19 heavy (non-hydrogen) atoms. The number of rotatable bonds is 3. The van der Waals surface area contributed by atoms with Crippen LogP contribution in [0.1, 0.15) is 29.5 Å². The zero-order chi connectivity index (χ0) is 13.8. The van der Waals surface area contributed by atoms with Crippen LogP contribution in [0.2, 0.25) is 0 Å². The summed E-state index contributed by atoms with van der Waals surface area (Å²) in [5, 5.41) is 5.73. The zero-order valence-corrected chi connectivity index (χ0v) is 11.5. The van der Waals surface area contributed by atoms with Gasteiger partial charge < -0.3 is 10.6 Å². The first-order valence-electron chi connectivity index (χ1n) is 6.67. The Bertz CT molecular complexity index is 487. The van der Waals surface area contributed by atoms with Gasteiger partial charge in [-0.15, -0.1) is 0 Å². The summed E-state index contributed by atoms with van der Waals surface area (Å²) >= 11 is 0. The molecule has 1 heterocycles. The fraction of sp³-hybridized carbons (Fsp3) is 0.467. The molecule has 1 unspecified atom stereocenters. The maximum Gasteiger partial charge on any atom is 0.224 e. The van der Waals surface area contributed by atoms with Crippen LogP contribution < -0.4 is 10.6 Å². The third-order valence-electron chi connectivity index (χ3n) is 3.57. The van der Waals surface area contributed by atoms with E-state index >= 15 is 0 Å². The average molecular weight is 260 g/mol. The van der Waals surface area contributed by atoms with Crippen molar-refractivity contribution < 1.29 is 9.59 Å². The van der Waals surface area contributed by atoms with Crippen molar-refractivity contribution in [3.8, 4) is 0 Å². The number of piperidine rings is 1. The van der Waals surface area contributed by atoms with Gasteiger partial charge in [0.05, 0.1) is 6.42 Å². The van der Waals surface area contributed by atoms with Crippen LogP contribution in [0.25, 0.3) is 0 Å². The summed E-state index contributed by atoms with van der Waals surface area (Å²) in [5.41, 5.74) is 3.47. The van der Waals surface area contributed by atoms with Gasteiger partial charge in [-0.05, 0) is 37.0 Å². The van der Waals surface area contributed by atoms with Gasteiger partial charge in [0.2, 0.25) is 11.8 Å². The van der Waals surface area contributed by atoms with Crippen LogP contribution in [-0.2, 0) is 16.0 Å². The van der Waals surface area contributed by atoms with E-state index in [1.165, 1.54) is 11.1 Å². The molecule has 2 N–H and O–H groups in total. The van der Waals surface area contributed by atoms with Crippen molar-refractivity contribution in [1.29, 1.82) is 0 Å². The summed E-state index contributed by atoms with van der Waals surface area (Å²) in [4.78, 5) is 23.0. The highest BCUT2D eigenvalue weighted by molar-refractivity contribution is 5.80. The summed E-state index contributed by atoms with van der Waals surface area (Å²) in [6.45, 7) is 4.65. The number of nitrogens with one attached hydrogen (secondary N) is 2. The number of carbonyl (C=O) groups is 2. The lowest BCUT2D eigenvalue weighted by Gasteiger charge is -2.23. The molecule has 0 radical (unpaired) electrons. The van der Waals surface area contributed by atoms with Gasteiger partial charge in [-0.2, -0.15) is 0 Å². The number of aryl methyl sites for hydroxylation is 2. The third-order valence-corrected chi connectivity index (χ3v) is 3.57. The molecule has 4 nitrogen and oxygen atoms in total. The van der Waals surface area contributed by atoms with E-state index in [9.17, 15) is 9.59 Å².